The zero-order valence-corrected chi connectivity index (χ0v) is 34.2. The zero-order valence-electron chi connectivity index (χ0n) is 34.2. The lowest BCUT2D eigenvalue weighted by molar-refractivity contribution is -0.318. The third-order valence-corrected chi connectivity index (χ3v) is 12.2. The van der Waals surface area contributed by atoms with E-state index < -0.39 is 96.0 Å². The maximum atomic E-state index is 14.2. The zero-order chi connectivity index (χ0) is 39.7. The molecule has 3 aliphatic rings. The molecule has 3 heterocycles. The van der Waals surface area contributed by atoms with E-state index in [4.69, 9.17) is 28.4 Å². The molecule has 0 bridgehead atoms. The van der Waals surface area contributed by atoms with Gasteiger partial charge in [0.1, 0.15) is 30.0 Å². The molecule has 14 heteroatoms. The molecule has 3 rings (SSSR count). The number of nitrogens with zero attached hydrogens (tertiary/aromatic N) is 2. The number of esters is 1. The van der Waals surface area contributed by atoms with E-state index in [1.807, 2.05) is 51.7 Å². The van der Waals surface area contributed by atoms with Gasteiger partial charge in [-0.1, -0.05) is 20.8 Å². The Kier molecular flexibility index (Phi) is 15.6. The van der Waals surface area contributed by atoms with Gasteiger partial charge in [0.15, 0.2) is 12.6 Å². The summed E-state index contributed by atoms with van der Waals surface area (Å²) in [4.78, 5) is 18.0. The van der Waals surface area contributed by atoms with E-state index in [-0.39, 0.29) is 37.3 Å². The number of likely N-dealkylation sites (N-methyl/N-ethyl adjacent to an activating group) is 2. The molecule has 0 amide bonds. The fourth-order valence-electron chi connectivity index (χ4n) is 8.74. The number of carbonyl (C=O) groups excluding carboxylic acids is 1. The quantitative estimate of drug-likeness (QED) is 0.238. The highest BCUT2D eigenvalue weighted by atomic mass is 16.7. The minimum atomic E-state index is -1.80. The van der Waals surface area contributed by atoms with Crippen LogP contribution in [0, 0.1) is 17.8 Å². The summed E-state index contributed by atoms with van der Waals surface area (Å²) in [6, 6.07) is -0.808. The lowest BCUT2D eigenvalue weighted by Crippen LogP contribution is -2.60. The monoisotopic (exact) mass is 749 g/mol. The second kappa shape index (κ2) is 17.8. The Morgan fingerprint density at radius 3 is 2.12 bits per heavy atom. The van der Waals surface area contributed by atoms with Crippen molar-refractivity contribution in [2.24, 2.45) is 17.8 Å². The van der Waals surface area contributed by atoms with E-state index >= 15 is 0 Å². The van der Waals surface area contributed by atoms with Gasteiger partial charge in [-0.05, 0) is 94.8 Å². The number of rotatable bonds is 7. The summed E-state index contributed by atoms with van der Waals surface area (Å²) >= 11 is 0. The van der Waals surface area contributed by atoms with E-state index in [1.165, 1.54) is 14.0 Å². The number of aliphatic hydroxyl groups is 5. The molecular weight excluding hydrogens is 676 g/mol. The Morgan fingerprint density at radius 1 is 0.942 bits per heavy atom. The van der Waals surface area contributed by atoms with Crippen LogP contribution >= 0.6 is 0 Å². The molecule has 0 aromatic rings. The van der Waals surface area contributed by atoms with Crippen LogP contribution in [0.1, 0.15) is 94.9 Å². The number of ether oxygens (including phenoxy) is 6. The van der Waals surface area contributed by atoms with Gasteiger partial charge >= 0.3 is 5.97 Å². The van der Waals surface area contributed by atoms with E-state index in [1.54, 1.807) is 41.5 Å². The van der Waals surface area contributed by atoms with Crippen molar-refractivity contribution in [3.05, 3.63) is 0 Å². The van der Waals surface area contributed by atoms with Crippen molar-refractivity contribution in [2.45, 2.75) is 185 Å². The van der Waals surface area contributed by atoms with Gasteiger partial charge in [0, 0.05) is 38.1 Å². The van der Waals surface area contributed by atoms with Crippen LogP contribution in [-0.2, 0) is 33.2 Å². The molecule has 52 heavy (non-hydrogen) atoms. The third-order valence-electron chi connectivity index (χ3n) is 12.2. The Morgan fingerprint density at radius 2 is 1.56 bits per heavy atom. The lowest BCUT2D eigenvalue weighted by atomic mass is 9.77. The van der Waals surface area contributed by atoms with Crippen LogP contribution in [-0.4, -0.2) is 166 Å². The summed E-state index contributed by atoms with van der Waals surface area (Å²) in [6.45, 7) is 18.0. The molecular formula is C38H72N2O12. The summed E-state index contributed by atoms with van der Waals surface area (Å²) in [5.74, 6) is -2.58. The van der Waals surface area contributed by atoms with Crippen molar-refractivity contribution in [1.29, 1.82) is 0 Å². The van der Waals surface area contributed by atoms with Crippen LogP contribution in [0.15, 0.2) is 0 Å². The van der Waals surface area contributed by atoms with Crippen molar-refractivity contribution in [3.63, 3.8) is 0 Å². The van der Waals surface area contributed by atoms with Crippen LogP contribution in [0.3, 0.4) is 0 Å². The molecule has 0 saturated carbocycles. The van der Waals surface area contributed by atoms with Gasteiger partial charge in [-0.3, -0.25) is 4.79 Å². The van der Waals surface area contributed by atoms with E-state index in [2.05, 4.69) is 0 Å². The lowest BCUT2D eigenvalue weighted by Gasteiger charge is -2.48. The summed E-state index contributed by atoms with van der Waals surface area (Å²) < 4.78 is 37.5. The first-order chi connectivity index (χ1) is 23.9. The molecule has 0 spiro atoms. The van der Waals surface area contributed by atoms with E-state index in [0.29, 0.717) is 13.0 Å². The molecule has 3 fully saturated rings. The summed E-state index contributed by atoms with van der Waals surface area (Å²) in [7, 11) is 7.12. The number of carbonyl (C=O) groups is 1. The first kappa shape index (κ1) is 45.4. The minimum Gasteiger partial charge on any atom is -0.459 e. The highest BCUT2D eigenvalue weighted by molar-refractivity contribution is 5.73. The molecule has 0 radical (unpaired) electrons. The van der Waals surface area contributed by atoms with Gasteiger partial charge in [0.05, 0.1) is 41.5 Å². The van der Waals surface area contributed by atoms with Gasteiger partial charge in [-0.2, -0.15) is 0 Å². The molecule has 0 aliphatic carbocycles. The number of hydrogen-bond acceptors (Lipinski definition) is 14. The van der Waals surface area contributed by atoms with Crippen LogP contribution < -0.4 is 0 Å². The maximum absolute atomic E-state index is 14.2. The average molecular weight is 749 g/mol. The number of cyclic esters (lactones) is 1. The fraction of sp³-hybridized carbons (Fsp3) is 0.974. The largest absolute Gasteiger partial charge is 0.459 e. The number of hydrogen-bond donors (Lipinski definition) is 5. The highest BCUT2D eigenvalue weighted by Gasteiger charge is 2.52. The smallest absolute Gasteiger partial charge is 0.311 e. The van der Waals surface area contributed by atoms with Crippen molar-refractivity contribution in [3.8, 4) is 0 Å². The minimum absolute atomic E-state index is 0.133. The van der Waals surface area contributed by atoms with Gasteiger partial charge < -0.3 is 63.8 Å². The third kappa shape index (κ3) is 10.0. The predicted molar refractivity (Wildman–Crippen MR) is 194 cm³/mol. The Labute approximate surface area is 312 Å². The Balaban J connectivity index is 2.17. The van der Waals surface area contributed by atoms with Crippen molar-refractivity contribution >= 4 is 5.97 Å². The van der Waals surface area contributed by atoms with E-state index in [0.717, 1.165) is 0 Å². The molecule has 3 unspecified atom stereocenters. The molecule has 3 aliphatic heterocycles. The topological polar surface area (TPSA) is 180 Å². The molecule has 0 aromatic carbocycles. The predicted octanol–water partition coefficient (Wildman–Crippen LogP) is 1.90. The second-order valence-corrected chi connectivity index (χ2v) is 17.2. The molecule has 306 valence electrons. The molecule has 18 atom stereocenters. The first-order valence-electron chi connectivity index (χ1n) is 19.1. The standard InChI is InChI=1S/C38H72N2O12/c1-15-27-38(10,46)31(42)24(6)40(13)19-20(2)17-36(8,45)33(52-35-29(41)26(39(11)12)16-21(3)48-35)22(4)30(23(5)34(44)50-27)51-28-18-37(9,47-14)32(43)25(7)49-28/h20-33,35,41-43,45-46H,15-19H2,1-14H3/t20-,21?,22+,23-,24-,25?,26-,27-,28+,29?,30+,31-,32+,33-,35+,36-,37+,38-/m1/s1. The summed E-state index contributed by atoms with van der Waals surface area (Å²) in [5, 5.41) is 58.1. The molecule has 0 aromatic heterocycles. The fourth-order valence-corrected chi connectivity index (χ4v) is 8.74. The summed E-state index contributed by atoms with van der Waals surface area (Å²) in [5.41, 5.74) is -4.37. The van der Waals surface area contributed by atoms with Crippen LogP contribution in [0.5, 0.6) is 0 Å². The van der Waals surface area contributed by atoms with Crippen molar-refractivity contribution in [1.82, 2.24) is 9.80 Å². The normalized spacial score (nSPS) is 49.6. The average Bonchev–Trinajstić information content (AvgIpc) is 3.05. The van der Waals surface area contributed by atoms with Gasteiger partial charge in [-0.25, -0.2) is 0 Å². The maximum Gasteiger partial charge on any atom is 0.311 e. The van der Waals surface area contributed by atoms with Crippen molar-refractivity contribution in [2.75, 3.05) is 34.8 Å². The van der Waals surface area contributed by atoms with Gasteiger partial charge in [0.25, 0.3) is 0 Å². The van der Waals surface area contributed by atoms with Crippen molar-refractivity contribution < 1.29 is 58.7 Å². The van der Waals surface area contributed by atoms with Crippen LogP contribution in [0.25, 0.3) is 0 Å². The Bertz CT molecular complexity index is 1140. The number of methoxy groups -OCH3 is 1. The molecule has 5 N–H and O–H groups in total. The van der Waals surface area contributed by atoms with Crippen LogP contribution in [0.4, 0.5) is 0 Å². The SMILES string of the molecule is CC[C@H]1OC(=O)[C@H](C)[C@@H](O[C@H]2C[C@](C)(OC)[C@@H](O)C(C)O2)[C@H](C)[C@@H](O[C@@H]2OC(C)C[C@@H](N(C)C)C2O)[C@](C)(O)C[C@@H](C)CN(C)[C@H](C)[C@@H](O)[C@]1(C)O. The second-order valence-electron chi connectivity index (χ2n) is 17.2. The number of aliphatic hydroxyl groups excluding tert-OH is 3. The van der Waals surface area contributed by atoms with Crippen LogP contribution in [0.2, 0.25) is 0 Å². The first-order valence-corrected chi connectivity index (χ1v) is 19.1. The molecule has 14 nitrogen and oxygen atoms in total. The summed E-state index contributed by atoms with van der Waals surface area (Å²) in [6.07, 6.45) is -8.19. The van der Waals surface area contributed by atoms with Gasteiger partial charge in [0.2, 0.25) is 0 Å². The molecule has 3 saturated heterocycles. The van der Waals surface area contributed by atoms with Gasteiger partial charge in [-0.15, -0.1) is 0 Å². The van der Waals surface area contributed by atoms with E-state index in [9.17, 15) is 30.3 Å². The highest BCUT2D eigenvalue weighted by Crippen LogP contribution is 2.40. The Hall–Kier alpha value is -1.01.